The smallest absolute Gasteiger partial charge is 0.258 e. The molecule has 0 aliphatic heterocycles. The number of fused-ring (bicyclic) bond motifs is 1. The van der Waals surface area contributed by atoms with Crippen molar-refractivity contribution >= 4 is 10.9 Å². The molecular weight excluding hydrogens is 296 g/mol. The molecule has 0 radical (unpaired) electrons. The average molecular weight is 314 g/mol. The van der Waals surface area contributed by atoms with Gasteiger partial charge in [0.2, 0.25) is 0 Å². The van der Waals surface area contributed by atoms with Crippen LogP contribution in [0.5, 0.6) is 11.5 Å². The summed E-state index contributed by atoms with van der Waals surface area (Å²) >= 11 is 0. The molecule has 2 heterocycles. The number of hydrogen-bond donors (Lipinski definition) is 1. The van der Waals surface area contributed by atoms with E-state index in [1.54, 1.807) is 24.7 Å². The first kappa shape index (κ1) is 15.1. The minimum absolute atomic E-state index is 0.200. The van der Waals surface area contributed by atoms with Gasteiger partial charge in [0.15, 0.2) is 11.5 Å². The van der Waals surface area contributed by atoms with E-state index in [4.69, 9.17) is 9.47 Å². The lowest BCUT2D eigenvalue weighted by molar-refractivity contribution is 0.288. The summed E-state index contributed by atoms with van der Waals surface area (Å²) < 4.78 is 13.0. The van der Waals surface area contributed by atoms with E-state index in [1.807, 2.05) is 24.6 Å². The Morgan fingerprint density at radius 2 is 1.91 bits per heavy atom. The molecule has 0 saturated carbocycles. The standard InChI is InChI=1S/C16H18N4O3/c1-3-22-13-7-11-12(8-14(13)23-4-2)18-15(19-16(11)21)9-20-6-5-17-10-20/h5-8,10H,3-4,9H2,1-2H3,(H,18,19,21). The zero-order valence-electron chi connectivity index (χ0n) is 13.1. The van der Waals surface area contributed by atoms with E-state index in [0.29, 0.717) is 48.0 Å². The summed E-state index contributed by atoms with van der Waals surface area (Å²) in [6.07, 6.45) is 5.17. The van der Waals surface area contributed by atoms with Gasteiger partial charge in [0.1, 0.15) is 5.82 Å². The molecule has 0 unspecified atom stereocenters. The van der Waals surface area contributed by atoms with Gasteiger partial charge in [-0.25, -0.2) is 9.97 Å². The summed E-state index contributed by atoms with van der Waals surface area (Å²) in [6.45, 7) is 5.24. The normalized spacial score (nSPS) is 10.9. The molecule has 120 valence electrons. The fourth-order valence-electron chi connectivity index (χ4n) is 2.36. The van der Waals surface area contributed by atoms with Gasteiger partial charge in [0.25, 0.3) is 5.56 Å². The lowest BCUT2D eigenvalue weighted by atomic mass is 10.2. The molecule has 0 bridgehead atoms. The summed E-state index contributed by atoms with van der Waals surface area (Å²) in [5.74, 6) is 1.71. The Labute approximate surface area is 132 Å². The van der Waals surface area contributed by atoms with Crippen LogP contribution in [0, 0.1) is 0 Å². The Kier molecular flexibility index (Phi) is 4.27. The van der Waals surface area contributed by atoms with Gasteiger partial charge < -0.3 is 19.0 Å². The number of H-pyrrole nitrogens is 1. The summed E-state index contributed by atoms with van der Waals surface area (Å²) in [4.78, 5) is 23.6. The summed E-state index contributed by atoms with van der Waals surface area (Å²) in [7, 11) is 0. The SMILES string of the molecule is CCOc1cc2nc(Cn3ccnc3)[nH]c(=O)c2cc1OCC. The highest BCUT2D eigenvalue weighted by atomic mass is 16.5. The molecule has 0 aliphatic carbocycles. The summed E-state index contributed by atoms with van der Waals surface area (Å²) in [6, 6.07) is 3.42. The Bertz CT molecular complexity index is 856. The molecule has 1 aromatic carbocycles. The third-order valence-electron chi connectivity index (χ3n) is 3.31. The van der Waals surface area contributed by atoms with Gasteiger partial charge in [-0.05, 0) is 19.9 Å². The monoisotopic (exact) mass is 314 g/mol. The highest BCUT2D eigenvalue weighted by Crippen LogP contribution is 2.30. The maximum absolute atomic E-state index is 12.3. The molecule has 7 heteroatoms. The highest BCUT2D eigenvalue weighted by molar-refractivity contribution is 5.81. The first-order chi connectivity index (χ1) is 11.2. The van der Waals surface area contributed by atoms with E-state index in [1.165, 1.54) is 0 Å². The van der Waals surface area contributed by atoms with E-state index in [9.17, 15) is 4.79 Å². The van der Waals surface area contributed by atoms with Gasteiger partial charge in [0, 0.05) is 18.5 Å². The average Bonchev–Trinajstić information content (AvgIpc) is 3.02. The molecule has 0 saturated heterocycles. The number of ether oxygens (including phenoxy) is 2. The minimum Gasteiger partial charge on any atom is -0.490 e. The molecular formula is C16H18N4O3. The van der Waals surface area contributed by atoms with Crippen molar-refractivity contribution in [3.8, 4) is 11.5 Å². The van der Waals surface area contributed by atoms with E-state index in [-0.39, 0.29) is 5.56 Å². The topological polar surface area (TPSA) is 82.0 Å². The van der Waals surface area contributed by atoms with Crippen LogP contribution in [0.3, 0.4) is 0 Å². The Balaban J connectivity index is 2.07. The second-order valence-electron chi connectivity index (χ2n) is 4.93. The largest absolute Gasteiger partial charge is 0.490 e. The summed E-state index contributed by atoms with van der Waals surface area (Å²) in [5.41, 5.74) is 0.380. The van der Waals surface area contributed by atoms with E-state index >= 15 is 0 Å². The van der Waals surface area contributed by atoms with Gasteiger partial charge in [-0.3, -0.25) is 4.79 Å². The van der Waals surface area contributed by atoms with E-state index in [0.717, 1.165) is 0 Å². The van der Waals surface area contributed by atoms with Crippen molar-refractivity contribution in [2.24, 2.45) is 0 Å². The number of aromatic amines is 1. The van der Waals surface area contributed by atoms with Crippen molar-refractivity contribution in [1.29, 1.82) is 0 Å². The predicted molar refractivity (Wildman–Crippen MR) is 86.0 cm³/mol. The second kappa shape index (κ2) is 6.51. The van der Waals surface area contributed by atoms with Crippen molar-refractivity contribution in [3.05, 3.63) is 47.0 Å². The maximum atomic E-state index is 12.3. The van der Waals surface area contributed by atoms with Crippen molar-refractivity contribution in [2.45, 2.75) is 20.4 Å². The maximum Gasteiger partial charge on any atom is 0.258 e. The fourth-order valence-corrected chi connectivity index (χ4v) is 2.36. The van der Waals surface area contributed by atoms with Crippen molar-refractivity contribution in [3.63, 3.8) is 0 Å². The molecule has 3 rings (SSSR count). The van der Waals surface area contributed by atoms with Gasteiger partial charge in [-0.2, -0.15) is 0 Å². The van der Waals surface area contributed by atoms with Crippen molar-refractivity contribution in [1.82, 2.24) is 19.5 Å². The molecule has 0 spiro atoms. The van der Waals surface area contributed by atoms with Crippen LogP contribution in [0.4, 0.5) is 0 Å². The lowest BCUT2D eigenvalue weighted by Gasteiger charge is -2.12. The number of nitrogens with zero attached hydrogens (tertiary/aromatic N) is 3. The molecule has 1 N–H and O–H groups in total. The first-order valence-electron chi connectivity index (χ1n) is 7.49. The second-order valence-corrected chi connectivity index (χ2v) is 4.93. The lowest BCUT2D eigenvalue weighted by Crippen LogP contribution is -2.14. The van der Waals surface area contributed by atoms with Gasteiger partial charge in [-0.15, -0.1) is 0 Å². The first-order valence-corrected chi connectivity index (χ1v) is 7.49. The molecule has 0 amide bonds. The van der Waals surface area contributed by atoms with E-state index < -0.39 is 0 Å². The molecule has 23 heavy (non-hydrogen) atoms. The Hall–Kier alpha value is -2.83. The van der Waals surface area contributed by atoms with Crippen LogP contribution in [-0.4, -0.2) is 32.7 Å². The Morgan fingerprint density at radius 3 is 2.57 bits per heavy atom. The van der Waals surface area contributed by atoms with Crippen LogP contribution in [0.25, 0.3) is 10.9 Å². The number of rotatable bonds is 6. The van der Waals surface area contributed by atoms with Gasteiger partial charge in [0.05, 0.1) is 37.0 Å². The highest BCUT2D eigenvalue weighted by Gasteiger charge is 2.12. The Morgan fingerprint density at radius 1 is 1.17 bits per heavy atom. The number of nitrogens with one attached hydrogen (secondary N) is 1. The zero-order valence-corrected chi connectivity index (χ0v) is 13.1. The molecule has 7 nitrogen and oxygen atoms in total. The van der Waals surface area contributed by atoms with E-state index in [2.05, 4.69) is 15.0 Å². The quantitative estimate of drug-likeness (QED) is 0.752. The van der Waals surface area contributed by atoms with Crippen LogP contribution in [0.15, 0.2) is 35.6 Å². The van der Waals surface area contributed by atoms with Crippen molar-refractivity contribution < 1.29 is 9.47 Å². The molecule has 2 aromatic heterocycles. The number of hydrogen-bond acceptors (Lipinski definition) is 5. The van der Waals surface area contributed by atoms with Crippen LogP contribution in [0.1, 0.15) is 19.7 Å². The van der Waals surface area contributed by atoms with Gasteiger partial charge >= 0.3 is 0 Å². The molecule has 0 aliphatic rings. The number of imidazole rings is 1. The summed E-state index contributed by atoms with van der Waals surface area (Å²) in [5, 5.41) is 0.478. The fraction of sp³-hybridized carbons (Fsp3) is 0.312. The zero-order chi connectivity index (χ0) is 16.2. The molecule has 0 atom stereocenters. The predicted octanol–water partition coefficient (Wildman–Crippen LogP) is 1.97. The number of aromatic nitrogens is 4. The van der Waals surface area contributed by atoms with Crippen molar-refractivity contribution in [2.75, 3.05) is 13.2 Å². The third kappa shape index (κ3) is 3.18. The van der Waals surface area contributed by atoms with Crippen LogP contribution in [0.2, 0.25) is 0 Å². The van der Waals surface area contributed by atoms with Crippen LogP contribution >= 0.6 is 0 Å². The molecule has 0 fully saturated rings. The third-order valence-corrected chi connectivity index (χ3v) is 3.31. The van der Waals surface area contributed by atoms with Crippen LogP contribution < -0.4 is 15.0 Å². The molecule has 3 aromatic rings. The van der Waals surface area contributed by atoms with Crippen LogP contribution in [-0.2, 0) is 6.54 Å². The number of benzene rings is 1. The minimum atomic E-state index is -0.200. The van der Waals surface area contributed by atoms with Gasteiger partial charge in [-0.1, -0.05) is 0 Å².